The number of nitrogens with one attached hydrogen (secondary N) is 1. The Balaban J connectivity index is 1.37. The molecule has 4 rings (SSSR count). The van der Waals surface area contributed by atoms with Gasteiger partial charge in [-0.05, 0) is 30.9 Å². The second-order valence-corrected chi connectivity index (χ2v) is 6.72. The molecule has 6 heteroatoms. The van der Waals surface area contributed by atoms with Crippen molar-refractivity contribution in [1.29, 1.82) is 0 Å². The lowest BCUT2D eigenvalue weighted by Crippen LogP contribution is -2.44. The van der Waals surface area contributed by atoms with Crippen LogP contribution in [0, 0.1) is 5.92 Å². The number of rotatable bonds is 5. The summed E-state index contributed by atoms with van der Waals surface area (Å²) in [5.74, 6) is 1.16. The fourth-order valence-electron chi connectivity index (χ4n) is 3.58. The lowest BCUT2D eigenvalue weighted by atomic mass is 9.97. The van der Waals surface area contributed by atoms with Gasteiger partial charge in [-0.3, -0.25) is 4.79 Å². The first-order chi connectivity index (χ1) is 12.8. The third-order valence-corrected chi connectivity index (χ3v) is 4.94. The number of anilines is 1. The summed E-state index contributed by atoms with van der Waals surface area (Å²) < 4.78 is 1.84. The Morgan fingerprint density at radius 2 is 2.04 bits per heavy atom. The van der Waals surface area contributed by atoms with Crippen molar-refractivity contribution in [2.45, 2.75) is 19.3 Å². The van der Waals surface area contributed by atoms with Gasteiger partial charge in [0.05, 0.1) is 12.1 Å². The molecule has 1 unspecified atom stereocenters. The van der Waals surface area contributed by atoms with Crippen molar-refractivity contribution in [2.24, 2.45) is 5.92 Å². The minimum Gasteiger partial charge on any atom is -0.356 e. The number of hydrogen-bond acceptors (Lipinski definition) is 4. The summed E-state index contributed by atoms with van der Waals surface area (Å²) in [6.07, 6.45) is 6.35. The smallest absolute Gasteiger partial charge is 0.224 e. The number of piperidine rings is 1. The molecule has 6 nitrogen and oxygen atoms in total. The average molecular weight is 349 g/mol. The van der Waals surface area contributed by atoms with Crippen LogP contribution < -0.4 is 10.2 Å². The van der Waals surface area contributed by atoms with Crippen LogP contribution in [0.3, 0.4) is 0 Å². The standard InChI is InChI=1S/C20H23N5O/c26-20(22-11-8-16-5-2-1-3-6-16)17-7-4-14-24(15-17)19-10-12-21-18-9-13-23-25(18)19/h1-3,5-6,9-10,12-13,17H,4,7-8,11,14-15H2,(H,22,26). The zero-order valence-electron chi connectivity index (χ0n) is 14.7. The molecule has 3 heterocycles. The van der Waals surface area contributed by atoms with E-state index >= 15 is 0 Å². The maximum absolute atomic E-state index is 12.6. The van der Waals surface area contributed by atoms with Gasteiger partial charge in [-0.25, -0.2) is 4.98 Å². The minimum atomic E-state index is 0.0123. The van der Waals surface area contributed by atoms with Crippen LogP contribution >= 0.6 is 0 Å². The molecule has 134 valence electrons. The molecular formula is C20H23N5O. The predicted octanol–water partition coefficient (Wildman–Crippen LogP) is 2.30. The molecule has 3 aromatic rings. The molecule has 0 bridgehead atoms. The van der Waals surface area contributed by atoms with Gasteiger partial charge in [0.15, 0.2) is 5.65 Å². The summed E-state index contributed by atoms with van der Waals surface area (Å²) in [7, 11) is 0. The summed E-state index contributed by atoms with van der Waals surface area (Å²) >= 11 is 0. The van der Waals surface area contributed by atoms with E-state index in [4.69, 9.17) is 0 Å². The molecule has 0 saturated carbocycles. The number of carbonyl (C=O) groups is 1. The van der Waals surface area contributed by atoms with E-state index in [1.165, 1.54) is 5.56 Å². The Morgan fingerprint density at radius 3 is 2.92 bits per heavy atom. The van der Waals surface area contributed by atoms with Crippen molar-refractivity contribution in [2.75, 3.05) is 24.5 Å². The van der Waals surface area contributed by atoms with Gasteiger partial charge in [0.25, 0.3) is 0 Å². The fraction of sp³-hybridized carbons (Fsp3) is 0.350. The number of carbonyl (C=O) groups excluding carboxylic acids is 1. The highest BCUT2D eigenvalue weighted by atomic mass is 16.1. The highest BCUT2D eigenvalue weighted by Gasteiger charge is 2.26. The molecule has 1 N–H and O–H groups in total. The van der Waals surface area contributed by atoms with Crippen LogP contribution in [0.2, 0.25) is 0 Å². The van der Waals surface area contributed by atoms with Gasteiger partial charge in [0, 0.05) is 31.9 Å². The van der Waals surface area contributed by atoms with Gasteiger partial charge in [-0.1, -0.05) is 30.3 Å². The van der Waals surface area contributed by atoms with Crippen LogP contribution in [0.1, 0.15) is 18.4 Å². The van der Waals surface area contributed by atoms with E-state index in [1.807, 2.05) is 34.8 Å². The van der Waals surface area contributed by atoms with Crippen LogP contribution in [0.25, 0.3) is 5.65 Å². The average Bonchev–Trinajstić information content (AvgIpc) is 3.18. The molecule has 0 spiro atoms. The molecule has 0 radical (unpaired) electrons. The zero-order valence-corrected chi connectivity index (χ0v) is 14.7. The van der Waals surface area contributed by atoms with Crippen molar-refractivity contribution < 1.29 is 4.79 Å². The van der Waals surface area contributed by atoms with Crippen LogP contribution in [0.4, 0.5) is 5.82 Å². The summed E-state index contributed by atoms with van der Waals surface area (Å²) in [5, 5.41) is 7.46. The first-order valence-corrected chi connectivity index (χ1v) is 9.16. The summed E-state index contributed by atoms with van der Waals surface area (Å²) in [6.45, 7) is 2.33. The van der Waals surface area contributed by atoms with Gasteiger partial charge >= 0.3 is 0 Å². The van der Waals surface area contributed by atoms with E-state index in [2.05, 4.69) is 32.4 Å². The molecular weight excluding hydrogens is 326 g/mol. The van der Waals surface area contributed by atoms with Crippen molar-refractivity contribution >= 4 is 17.4 Å². The van der Waals surface area contributed by atoms with E-state index in [0.29, 0.717) is 6.54 Å². The van der Waals surface area contributed by atoms with E-state index in [1.54, 1.807) is 12.4 Å². The molecule has 2 aromatic heterocycles. The summed E-state index contributed by atoms with van der Waals surface area (Å²) in [6, 6.07) is 14.1. The second kappa shape index (κ2) is 7.56. The van der Waals surface area contributed by atoms with Crippen molar-refractivity contribution in [1.82, 2.24) is 19.9 Å². The highest BCUT2D eigenvalue weighted by molar-refractivity contribution is 5.79. The normalized spacial score (nSPS) is 17.4. The number of fused-ring (bicyclic) bond motifs is 1. The monoisotopic (exact) mass is 349 g/mol. The number of benzene rings is 1. The molecule has 1 aliphatic rings. The maximum atomic E-state index is 12.6. The Hall–Kier alpha value is -2.89. The molecule has 1 aliphatic heterocycles. The van der Waals surface area contributed by atoms with Crippen molar-refractivity contribution in [3.8, 4) is 0 Å². The van der Waals surface area contributed by atoms with Crippen molar-refractivity contribution in [3.05, 3.63) is 60.4 Å². The highest BCUT2D eigenvalue weighted by Crippen LogP contribution is 2.23. The Bertz CT molecular complexity index is 876. The first-order valence-electron chi connectivity index (χ1n) is 9.16. The van der Waals surface area contributed by atoms with E-state index in [-0.39, 0.29) is 11.8 Å². The van der Waals surface area contributed by atoms with Gasteiger partial charge in [-0.15, -0.1) is 0 Å². The Morgan fingerprint density at radius 1 is 1.15 bits per heavy atom. The SMILES string of the molecule is O=C(NCCc1ccccc1)C1CCCN(c2ccnc3ccnn23)C1. The number of aromatic nitrogens is 3. The topological polar surface area (TPSA) is 62.5 Å². The van der Waals surface area contributed by atoms with Crippen molar-refractivity contribution in [3.63, 3.8) is 0 Å². The first kappa shape index (κ1) is 16.6. The number of hydrogen-bond donors (Lipinski definition) is 1. The predicted molar refractivity (Wildman–Crippen MR) is 101 cm³/mol. The summed E-state index contributed by atoms with van der Waals surface area (Å²) in [5.41, 5.74) is 2.08. The quantitative estimate of drug-likeness (QED) is 0.768. The van der Waals surface area contributed by atoms with Gasteiger partial charge in [0.1, 0.15) is 5.82 Å². The molecule has 1 saturated heterocycles. The van der Waals surface area contributed by atoms with Crippen LogP contribution in [0.15, 0.2) is 54.9 Å². The lowest BCUT2D eigenvalue weighted by molar-refractivity contribution is -0.125. The molecule has 0 aliphatic carbocycles. The lowest BCUT2D eigenvalue weighted by Gasteiger charge is -2.33. The zero-order chi connectivity index (χ0) is 17.8. The maximum Gasteiger partial charge on any atom is 0.224 e. The number of nitrogens with zero attached hydrogens (tertiary/aromatic N) is 4. The molecule has 1 amide bonds. The molecule has 1 atom stereocenters. The van der Waals surface area contributed by atoms with Gasteiger partial charge in [0.2, 0.25) is 5.91 Å². The van der Waals surface area contributed by atoms with Gasteiger partial charge < -0.3 is 10.2 Å². The Kier molecular flexibility index (Phi) is 4.82. The van der Waals surface area contributed by atoms with E-state index in [9.17, 15) is 4.79 Å². The van der Waals surface area contributed by atoms with E-state index < -0.39 is 0 Å². The molecule has 1 aromatic carbocycles. The van der Waals surface area contributed by atoms with Gasteiger partial charge in [-0.2, -0.15) is 9.61 Å². The Labute approximate surface area is 152 Å². The minimum absolute atomic E-state index is 0.0123. The van der Waals surface area contributed by atoms with Crippen LogP contribution in [-0.2, 0) is 11.2 Å². The summed E-state index contributed by atoms with van der Waals surface area (Å²) in [4.78, 5) is 19.2. The second-order valence-electron chi connectivity index (χ2n) is 6.72. The van der Waals surface area contributed by atoms with Crippen LogP contribution in [0.5, 0.6) is 0 Å². The number of amides is 1. The third-order valence-electron chi connectivity index (χ3n) is 4.94. The molecule has 1 fully saturated rings. The molecule has 26 heavy (non-hydrogen) atoms. The third kappa shape index (κ3) is 3.54. The fourth-order valence-corrected chi connectivity index (χ4v) is 3.58. The van der Waals surface area contributed by atoms with E-state index in [0.717, 1.165) is 43.8 Å². The van der Waals surface area contributed by atoms with Crippen LogP contribution in [-0.4, -0.2) is 40.1 Å². The largest absolute Gasteiger partial charge is 0.356 e.